The summed E-state index contributed by atoms with van der Waals surface area (Å²) in [7, 11) is 0. The van der Waals surface area contributed by atoms with Crippen LogP contribution in [0.2, 0.25) is 0 Å². The molecule has 1 saturated heterocycles. The molecule has 0 saturated carbocycles. The lowest BCUT2D eigenvalue weighted by molar-refractivity contribution is -0.136. The van der Waals surface area contributed by atoms with Crippen LogP contribution >= 0.6 is 11.3 Å². The first kappa shape index (κ1) is 11.5. The van der Waals surface area contributed by atoms with E-state index in [0.29, 0.717) is 13.0 Å². The number of carboxylic acids is 1. The highest BCUT2D eigenvalue weighted by Crippen LogP contribution is 2.20. The summed E-state index contributed by atoms with van der Waals surface area (Å²) in [4.78, 5) is 14.8. The highest BCUT2D eigenvalue weighted by atomic mass is 32.1. The average Bonchev–Trinajstić information content (AvgIpc) is 2.76. The van der Waals surface area contributed by atoms with Crippen molar-refractivity contribution in [3.8, 4) is 0 Å². The van der Waals surface area contributed by atoms with Crippen molar-refractivity contribution in [3.05, 3.63) is 16.1 Å². The molecule has 0 bridgehead atoms. The van der Waals surface area contributed by atoms with Gasteiger partial charge in [0, 0.05) is 18.3 Å². The van der Waals surface area contributed by atoms with E-state index >= 15 is 0 Å². The summed E-state index contributed by atoms with van der Waals surface area (Å²) in [6.07, 6.45) is 0.636. The van der Waals surface area contributed by atoms with Crippen molar-refractivity contribution in [2.45, 2.75) is 18.9 Å². The standard InChI is InChI=1S/C10H14N2O3S/c13-9(14)2-1-7-6-16-10(12-7)8-5-15-4-3-11-8/h6,8,11H,1-5H2,(H,13,14). The molecule has 1 aliphatic heterocycles. The van der Waals surface area contributed by atoms with Gasteiger partial charge in [-0.25, -0.2) is 4.98 Å². The molecule has 1 aliphatic rings. The highest BCUT2D eigenvalue weighted by Gasteiger charge is 2.18. The molecule has 2 rings (SSSR count). The maximum Gasteiger partial charge on any atom is 0.303 e. The van der Waals surface area contributed by atoms with E-state index in [1.54, 1.807) is 11.3 Å². The van der Waals surface area contributed by atoms with Gasteiger partial charge in [-0.1, -0.05) is 0 Å². The SMILES string of the molecule is O=C(O)CCc1csc(C2COCCN2)n1. The van der Waals surface area contributed by atoms with E-state index in [-0.39, 0.29) is 12.5 Å². The fourth-order valence-electron chi connectivity index (χ4n) is 1.56. The molecule has 0 spiro atoms. The Morgan fingerprint density at radius 3 is 3.31 bits per heavy atom. The molecule has 0 radical (unpaired) electrons. The highest BCUT2D eigenvalue weighted by molar-refractivity contribution is 7.09. The second-order valence-electron chi connectivity index (χ2n) is 3.65. The van der Waals surface area contributed by atoms with Crippen LogP contribution in [0.1, 0.15) is 23.2 Å². The Labute approximate surface area is 97.5 Å². The minimum absolute atomic E-state index is 0.137. The molecule has 1 aromatic heterocycles. The summed E-state index contributed by atoms with van der Waals surface area (Å²) < 4.78 is 5.35. The van der Waals surface area contributed by atoms with Crippen molar-refractivity contribution in [2.24, 2.45) is 0 Å². The Morgan fingerprint density at radius 1 is 1.75 bits per heavy atom. The zero-order valence-electron chi connectivity index (χ0n) is 8.81. The van der Waals surface area contributed by atoms with Crippen molar-refractivity contribution in [3.63, 3.8) is 0 Å². The molecule has 0 aliphatic carbocycles. The first-order valence-electron chi connectivity index (χ1n) is 5.23. The fraction of sp³-hybridized carbons (Fsp3) is 0.600. The molecule has 6 heteroatoms. The number of morpholine rings is 1. The first-order chi connectivity index (χ1) is 7.75. The zero-order valence-corrected chi connectivity index (χ0v) is 9.63. The summed E-state index contributed by atoms with van der Waals surface area (Å²) in [5.74, 6) is -0.784. The molecular weight excluding hydrogens is 228 g/mol. The Balaban J connectivity index is 1.93. The van der Waals surface area contributed by atoms with Gasteiger partial charge >= 0.3 is 5.97 Å². The van der Waals surface area contributed by atoms with Gasteiger partial charge in [0.15, 0.2) is 0 Å². The summed E-state index contributed by atoms with van der Waals surface area (Å²) in [6, 6.07) is 0.164. The van der Waals surface area contributed by atoms with Crippen molar-refractivity contribution in [1.82, 2.24) is 10.3 Å². The molecule has 1 aromatic rings. The topological polar surface area (TPSA) is 71.5 Å². The second kappa shape index (κ2) is 5.38. The van der Waals surface area contributed by atoms with Crippen molar-refractivity contribution < 1.29 is 14.6 Å². The van der Waals surface area contributed by atoms with Gasteiger partial charge in [0.1, 0.15) is 5.01 Å². The number of ether oxygens (including phenoxy) is 1. The third-order valence-electron chi connectivity index (χ3n) is 2.38. The summed E-state index contributed by atoms with van der Waals surface area (Å²) in [5.41, 5.74) is 0.856. The lowest BCUT2D eigenvalue weighted by Crippen LogP contribution is -2.34. The van der Waals surface area contributed by atoms with Crippen LogP contribution in [0.4, 0.5) is 0 Å². The maximum atomic E-state index is 10.4. The summed E-state index contributed by atoms with van der Waals surface area (Å²) in [6.45, 7) is 2.23. The second-order valence-corrected chi connectivity index (χ2v) is 4.54. The molecule has 1 fully saturated rings. The predicted molar refractivity (Wildman–Crippen MR) is 59.6 cm³/mol. The Morgan fingerprint density at radius 2 is 2.62 bits per heavy atom. The summed E-state index contributed by atoms with van der Waals surface area (Å²) >= 11 is 1.56. The zero-order chi connectivity index (χ0) is 11.4. The quantitative estimate of drug-likeness (QED) is 0.818. The normalized spacial score (nSPS) is 20.9. The number of aryl methyl sites for hydroxylation is 1. The van der Waals surface area contributed by atoms with E-state index < -0.39 is 5.97 Å². The third-order valence-corrected chi connectivity index (χ3v) is 3.39. The van der Waals surface area contributed by atoms with Crippen LogP contribution in [0, 0.1) is 0 Å². The van der Waals surface area contributed by atoms with Crippen molar-refractivity contribution in [2.75, 3.05) is 19.8 Å². The van der Waals surface area contributed by atoms with Crippen LogP contribution < -0.4 is 5.32 Å². The van der Waals surface area contributed by atoms with E-state index in [4.69, 9.17) is 9.84 Å². The van der Waals surface area contributed by atoms with Gasteiger partial charge in [-0.2, -0.15) is 0 Å². The van der Waals surface area contributed by atoms with Gasteiger partial charge < -0.3 is 15.2 Å². The number of carbonyl (C=O) groups is 1. The van der Waals surface area contributed by atoms with E-state index in [9.17, 15) is 4.79 Å². The number of carboxylic acid groups (broad SMARTS) is 1. The molecule has 1 unspecified atom stereocenters. The van der Waals surface area contributed by atoms with Gasteiger partial charge in [-0.3, -0.25) is 4.79 Å². The Hall–Kier alpha value is -0.980. The van der Waals surface area contributed by atoms with Crippen molar-refractivity contribution >= 4 is 17.3 Å². The van der Waals surface area contributed by atoms with E-state index in [1.165, 1.54) is 0 Å². The van der Waals surface area contributed by atoms with Gasteiger partial charge in [0.25, 0.3) is 0 Å². The van der Waals surface area contributed by atoms with Gasteiger partial charge in [0.05, 0.1) is 31.4 Å². The van der Waals surface area contributed by atoms with Gasteiger partial charge in [0.2, 0.25) is 0 Å². The number of hydrogen-bond acceptors (Lipinski definition) is 5. The van der Waals surface area contributed by atoms with Crippen LogP contribution in [-0.2, 0) is 16.0 Å². The van der Waals surface area contributed by atoms with Crippen LogP contribution in [0.15, 0.2) is 5.38 Å². The number of nitrogens with one attached hydrogen (secondary N) is 1. The molecule has 1 atom stereocenters. The number of aliphatic carboxylic acids is 1. The Kier molecular flexibility index (Phi) is 3.87. The summed E-state index contributed by atoms with van der Waals surface area (Å²) in [5, 5.41) is 14.8. The third kappa shape index (κ3) is 3.01. The van der Waals surface area contributed by atoms with Gasteiger partial charge in [-0.15, -0.1) is 11.3 Å². The van der Waals surface area contributed by atoms with Crippen LogP contribution in [0.25, 0.3) is 0 Å². The minimum Gasteiger partial charge on any atom is -0.481 e. The van der Waals surface area contributed by atoms with Crippen LogP contribution in [0.5, 0.6) is 0 Å². The average molecular weight is 242 g/mol. The Bertz CT molecular complexity index is 361. The molecule has 88 valence electrons. The van der Waals surface area contributed by atoms with E-state index in [1.807, 2.05) is 5.38 Å². The van der Waals surface area contributed by atoms with Crippen LogP contribution in [0.3, 0.4) is 0 Å². The van der Waals surface area contributed by atoms with E-state index in [2.05, 4.69) is 10.3 Å². The smallest absolute Gasteiger partial charge is 0.303 e. The van der Waals surface area contributed by atoms with Crippen molar-refractivity contribution in [1.29, 1.82) is 0 Å². The number of aromatic nitrogens is 1. The van der Waals surface area contributed by atoms with Gasteiger partial charge in [-0.05, 0) is 0 Å². The molecule has 16 heavy (non-hydrogen) atoms. The maximum absolute atomic E-state index is 10.4. The molecular formula is C10H14N2O3S. The molecule has 0 amide bonds. The lowest BCUT2D eigenvalue weighted by atomic mass is 10.2. The molecule has 0 aromatic carbocycles. The lowest BCUT2D eigenvalue weighted by Gasteiger charge is -2.21. The first-order valence-corrected chi connectivity index (χ1v) is 6.11. The molecule has 5 nitrogen and oxygen atoms in total. The van der Waals surface area contributed by atoms with Crippen LogP contribution in [-0.4, -0.2) is 35.8 Å². The number of rotatable bonds is 4. The molecule has 2 heterocycles. The predicted octanol–water partition coefficient (Wildman–Crippen LogP) is 0.821. The largest absolute Gasteiger partial charge is 0.481 e. The number of hydrogen-bond donors (Lipinski definition) is 2. The van der Waals surface area contributed by atoms with E-state index in [0.717, 1.165) is 23.9 Å². The monoisotopic (exact) mass is 242 g/mol. The number of nitrogens with zero attached hydrogens (tertiary/aromatic N) is 1. The molecule has 2 N–H and O–H groups in total. The minimum atomic E-state index is -0.784. The fourth-order valence-corrected chi connectivity index (χ4v) is 2.47. The number of thiazole rings is 1.